The van der Waals surface area contributed by atoms with Crippen LogP contribution in [0.25, 0.3) is 0 Å². The molecule has 0 saturated heterocycles. The third kappa shape index (κ3) is 30.5. The molecule has 0 fully saturated rings. The molecule has 4 atom stereocenters. The summed E-state index contributed by atoms with van der Waals surface area (Å²) in [4.78, 5) is 21.8. The van der Waals surface area contributed by atoms with Gasteiger partial charge in [0.05, 0.1) is 13.2 Å². The first kappa shape index (κ1) is 34.9. The summed E-state index contributed by atoms with van der Waals surface area (Å²) in [5, 5.41) is 0. The molecule has 0 amide bonds. The first-order valence-corrected chi connectivity index (χ1v) is 17.6. The van der Waals surface area contributed by atoms with Crippen molar-refractivity contribution in [3.05, 3.63) is 0 Å². The normalized spacial score (nSPS) is 17.1. The van der Waals surface area contributed by atoms with Crippen LogP contribution in [0.2, 0.25) is 0 Å². The standard InChI is InChI=1S/2C8H19O2PS2.Mo.O/c2*1-3-5-6-8(4-2)7-10-11(9,12)13;;/h2*8H,3-7H2,1-2H3,(H2,9,12,13);;/q;;+4;/p-4. The minimum atomic E-state index is -3.10. The summed E-state index contributed by atoms with van der Waals surface area (Å²) >= 11 is 18.7. The number of hydrogen-bond acceptors (Lipinski definition) is 9. The van der Waals surface area contributed by atoms with Gasteiger partial charge in [0.25, 0.3) is 0 Å². The Balaban J connectivity index is -0.000000410. The molecule has 4 unspecified atom stereocenters. The second-order valence-corrected chi connectivity index (χ2v) is 15.8. The van der Waals surface area contributed by atoms with Crippen LogP contribution in [0.1, 0.15) is 79.1 Å². The van der Waals surface area contributed by atoms with E-state index in [0.29, 0.717) is 44.8 Å². The Morgan fingerprint density at radius 1 is 0.821 bits per heavy atom. The molecule has 0 aromatic rings. The fraction of sp³-hybridized carbons (Fsp3) is 1.00. The van der Waals surface area contributed by atoms with Gasteiger partial charge in [-0.3, -0.25) is 0 Å². The molecule has 0 N–H and O–H groups in total. The van der Waals surface area contributed by atoms with Crippen LogP contribution >= 0.6 is 11.4 Å². The van der Waals surface area contributed by atoms with E-state index in [9.17, 15) is 9.79 Å². The first-order valence-electron chi connectivity index (χ1n) is 9.48. The molecule has 0 bridgehead atoms. The van der Waals surface area contributed by atoms with Crippen molar-refractivity contribution < 1.29 is 42.0 Å². The van der Waals surface area contributed by atoms with E-state index in [-0.39, 0.29) is 0 Å². The Bertz CT molecular complexity index is 399. The molecule has 0 aromatic carbocycles. The van der Waals surface area contributed by atoms with Crippen LogP contribution in [0, 0.1) is 11.8 Å². The molecular formula is C16H34MoO5P2S4. The third-order valence-corrected chi connectivity index (χ3v) is 6.22. The Morgan fingerprint density at radius 2 is 1.11 bits per heavy atom. The van der Waals surface area contributed by atoms with Crippen LogP contribution in [0.5, 0.6) is 0 Å². The van der Waals surface area contributed by atoms with Gasteiger partial charge in [0.1, 0.15) is 0 Å². The average molecular weight is 593 g/mol. The van der Waals surface area contributed by atoms with Gasteiger partial charge in [-0.15, -0.1) is 35.0 Å². The fourth-order valence-corrected chi connectivity index (χ4v) is 3.71. The van der Waals surface area contributed by atoms with E-state index >= 15 is 0 Å². The van der Waals surface area contributed by atoms with Crippen molar-refractivity contribution in [2.45, 2.75) is 79.1 Å². The molecule has 0 aromatic heterocycles. The monoisotopic (exact) mass is 594 g/mol. The Morgan fingerprint density at radius 3 is 1.29 bits per heavy atom. The summed E-state index contributed by atoms with van der Waals surface area (Å²) in [6.07, 6.45) is 9.00. The molecule has 0 heterocycles. The number of rotatable bonds is 14. The summed E-state index contributed by atoms with van der Waals surface area (Å²) in [6, 6.07) is 0. The van der Waals surface area contributed by atoms with Crippen LogP contribution in [0.15, 0.2) is 0 Å². The first-order chi connectivity index (χ1) is 13.0. The predicted octanol–water partition coefficient (Wildman–Crippen LogP) is 4.58. The molecule has 0 aliphatic rings. The van der Waals surface area contributed by atoms with Gasteiger partial charge < -0.3 is 43.3 Å². The second-order valence-electron chi connectivity index (χ2n) is 6.32. The van der Waals surface area contributed by atoms with Crippen LogP contribution < -0.4 is 9.79 Å². The van der Waals surface area contributed by atoms with E-state index < -0.39 is 11.4 Å². The summed E-state index contributed by atoms with van der Waals surface area (Å²) < 4.78 is 18.2. The molecule has 0 aliphatic heterocycles. The zero-order valence-corrected chi connectivity index (χ0v) is 24.3. The van der Waals surface area contributed by atoms with Crippen molar-refractivity contribution >= 4 is 59.5 Å². The van der Waals surface area contributed by atoms with Crippen molar-refractivity contribution in [2.24, 2.45) is 11.8 Å². The van der Waals surface area contributed by atoms with E-state index in [0.717, 1.165) is 25.7 Å². The molecule has 0 saturated carbocycles. The van der Waals surface area contributed by atoms with E-state index in [2.05, 4.69) is 75.8 Å². The SMILES string of the molecule is CCCCC(CC)COP([O-])(=S)[S-].CCCCC(CC)COP([O-])(=S)[S-].[O]=[Mo+4]. The topological polar surface area (TPSA) is 81.7 Å². The van der Waals surface area contributed by atoms with Crippen LogP contribution in [0.3, 0.4) is 0 Å². The zero-order chi connectivity index (χ0) is 22.6. The summed E-state index contributed by atoms with van der Waals surface area (Å²) in [7, 11) is 0. The van der Waals surface area contributed by atoms with Gasteiger partial charge in [0.15, 0.2) is 0 Å². The molecule has 0 aliphatic carbocycles. The van der Waals surface area contributed by atoms with Crippen LogP contribution in [-0.2, 0) is 80.3 Å². The Kier molecular flexibility index (Phi) is 28.1. The van der Waals surface area contributed by atoms with Gasteiger partial charge in [-0.2, -0.15) is 0 Å². The summed E-state index contributed by atoms with van der Waals surface area (Å²) in [6.45, 7) is 9.42. The van der Waals surface area contributed by atoms with Crippen molar-refractivity contribution in [1.82, 2.24) is 0 Å². The summed E-state index contributed by atoms with van der Waals surface area (Å²) in [5.41, 5.74) is -6.20. The minimum absolute atomic E-state index is 0.458. The molecular weight excluding hydrogens is 558 g/mol. The molecule has 28 heavy (non-hydrogen) atoms. The number of hydrogen-bond donors (Lipinski definition) is 0. The van der Waals surface area contributed by atoms with Gasteiger partial charge in [0, 0.05) is 0 Å². The molecule has 12 heteroatoms. The Labute approximate surface area is 204 Å². The third-order valence-electron chi connectivity index (χ3n) is 4.02. The van der Waals surface area contributed by atoms with E-state index in [1.54, 1.807) is 0 Å². The zero-order valence-electron chi connectivity index (χ0n) is 17.2. The predicted molar refractivity (Wildman–Crippen MR) is 123 cm³/mol. The van der Waals surface area contributed by atoms with Gasteiger partial charge >= 0.3 is 23.2 Å². The van der Waals surface area contributed by atoms with Gasteiger partial charge in [-0.25, -0.2) is 0 Å². The van der Waals surface area contributed by atoms with Crippen molar-refractivity contribution in [1.29, 1.82) is 0 Å². The van der Waals surface area contributed by atoms with Crippen molar-refractivity contribution in [3.63, 3.8) is 0 Å². The van der Waals surface area contributed by atoms with E-state index in [1.807, 2.05) is 0 Å². The maximum absolute atomic E-state index is 10.9. The van der Waals surface area contributed by atoms with Crippen LogP contribution in [0.4, 0.5) is 0 Å². The molecule has 5 nitrogen and oxygen atoms in total. The fourth-order valence-electron chi connectivity index (χ4n) is 2.19. The van der Waals surface area contributed by atoms with Gasteiger partial charge in [0.2, 0.25) is 0 Å². The average Bonchev–Trinajstić information content (AvgIpc) is 2.62. The second kappa shape index (κ2) is 22.5. The quantitative estimate of drug-likeness (QED) is 0.164. The van der Waals surface area contributed by atoms with Gasteiger partial charge in [-0.05, 0) is 24.7 Å². The Hall–Kier alpha value is 2.33. The van der Waals surface area contributed by atoms with Crippen LogP contribution in [-0.4, -0.2) is 13.2 Å². The van der Waals surface area contributed by atoms with E-state index in [1.165, 1.54) is 25.7 Å². The van der Waals surface area contributed by atoms with E-state index in [4.69, 9.17) is 12.4 Å². The molecule has 0 radical (unpaired) electrons. The van der Waals surface area contributed by atoms with Crippen molar-refractivity contribution in [2.75, 3.05) is 13.2 Å². The van der Waals surface area contributed by atoms with Gasteiger partial charge in [-0.1, -0.05) is 66.2 Å². The molecule has 0 rings (SSSR count). The van der Waals surface area contributed by atoms with Crippen molar-refractivity contribution in [3.8, 4) is 0 Å². The molecule has 0 spiro atoms. The maximum atomic E-state index is 10.9. The summed E-state index contributed by atoms with van der Waals surface area (Å²) in [5.74, 6) is 0.915. The number of unbranched alkanes of at least 4 members (excludes halogenated alkanes) is 2. The molecule has 168 valence electrons.